The van der Waals surface area contributed by atoms with E-state index in [1.54, 1.807) is 16.7 Å². The summed E-state index contributed by atoms with van der Waals surface area (Å²) >= 11 is 5.23. The summed E-state index contributed by atoms with van der Waals surface area (Å²) < 4.78 is 0.961. The first-order valence-electron chi connectivity index (χ1n) is 13.1. The molecule has 194 valence electrons. The average Bonchev–Trinajstić information content (AvgIpc) is 2.92. The van der Waals surface area contributed by atoms with Gasteiger partial charge in [-0.25, -0.2) is 0 Å². The molecule has 1 aliphatic rings. The molecule has 0 saturated heterocycles. The first-order chi connectivity index (χ1) is 18.1. The molecule has 4 rings (SSSR count). The third kappa shape index (κ3) is 8.75. The van der Waals surface area contributed by atoms with E-state index in [9.17, 15) is 9.59 Å². The molecule has 6 heteroatoms. The molecule has 3 aromatic rings. The number of rotatable bonds is 11. The van der Waals surface area contributed by atoms with Gasteiger partial charge in [0, 0.05) is 40.5 Å². The lowest BCUT2D eigenvalue weighted by Gasteiger charge is -2.33. The maximum Gasteiger partial charge on any atom is 0.243 e. The maximum absolute atomic E-state index is 13.8. The molecule has 1 atom stereocenters. The number of halogens is 1. The number of nitrogens with one attached hydrogen (secondary N) is 1. The predicted molar refractivity (Wildman–Crippen MR) is 155 cm³/mol. The van der Waals surface area contributed by atoms with E-state index in [2.05, 4.69) is 33.4 Å². The lowest BCUT2D eigenvalue weighted by atomic mass is 9.94. The molecule has 0 aliphatic heterocycles. The van der Waals surface area contributed by atoms with Crippen molar-refractivity contribution in [2.24, 2.45) is 0 Å². The third-order valence-corrected chi connectivity index (χ3v) is 8.30. The van der Waals surface area contributed by atoms with Gasteiger partial charge in [-0.3, -0.25) is 9.59 Å². The lowest BCUT2D eigenvalue weighted by Crippen LogP contribution is -2.52. The van der Waals surface area contributed by atoms with E-state index in [0.29, 0.717) is 25.1 Å². The number of carbonyl (C=O) groups excluding carboxylic acids is 2. The fourth-order valence-electron chi connectivity index (χ4n) is 4.85. The third-order valence-electron chi connectivity index (χ3n) is 6.79. The Kier molecular flexibility index (Phi) is 10.7. The Morgan fingerprint density at radius 3 is 2.27 bits per heavy atom. The number of amides is 2. The summed E-state index contributed by atoms with van der Waals surface area (Å²) in [5.41, 5.74) is 2.05. The van der Waals surface area contributed by atoms with Crippen LogP contribution >= 0.6 is 27.7 Å². The van der Waals surface area contributed by atoms with Gasteiger partial charge in [0.25, 0.3) is 0 Å². The molecule has 2 amide bonds. The van der Waals surface area contributed by atoms with Crippen LogP contribution in [-0.4, -0.2) is 34.6 Å². The number of benzene rings is 3. The fourth-order valence-corrected chi connectivity index (χ4v) is 6.16. The quantitative estimate of drug-likeness (QED) is 0.249. The van der Waals surface area contributed by atoms with Crippen molar-refractivity contribution in [3.05, 3.63) is 101 Å². The molecule has 1 unspecified atom stereocenters. The van der Waals surface area contributed by atoms with Gasteiger partial charge in [0.2, 0.25) is 11.8 Å². The topological polar surface area (TPSA) is 49.4 Å². The van der Waals surface area contributed by atoms with Crippen LogP contribution in [0.2, 0.25) is 0 Å². The van der Waals surface area contributed by atoms with Crippen LogP contribution < -0.4 is 5.32 Å². The number of nitrogens with zero attached hydrogens (tertiary/aromatic N) is 1. The van der Waals surface area contributed by atoms with Crippen molar-refractivity contribution in [1.29, 1.82) is 0 Å². The molecule has 0 radical (unpaired) electrons. The molecule has 0 bridgehead atoms. The second-order valence-corrected chi connectivity index (χ2v) is 11.7. The van der Waals surface area contributed by atoms with E-state index in [0.717, 1.165) is 46.2 Å². The van der Waals surface area contributed by atoms with E-state index in [1.807, 2.05) is 72.8 Å². The van der Waals surface area contributed by atoms with E-state index in [1.165, 1.54) is 6.42 Å². The molecular formula is C31H35BrN2O2S. The van der Waals surface area contributed by atoms with Crippen LogP contribution in [0.25, 0.3) is 0 Å². The first-order valence-corrected chi connectivity index (χ1v) is 14.9. The van der Waals surface area contributed by atoms with E-state index in [-0.39, 0.29) is 17.9 Å². The Labute approximate surface area is 233 Å². The molecule has 0 aromatic heterocycles. The molecule has 1 aliphatic carbocycles. The maximum atomic E-state index is 13.8. The summed E-state index contributed by atoms with van der Waals surface area (Å²) in [4.78, 5) is 30.5. The molecule has 1 saturated carbocycles. The van der Waals surface area contributed by atoms with Gasteiger partial charge in [0.05, 0.1) is 0 Å². The number of hydrogen-bond acceptors (Lipinski definition) is 3. The largest absolute Gasteiger partial charge is 0.352 e. The van der Waals surface area contributed by atoms with Gasteiger partial charge >= 0.3 is 0 Å². The fraction of sp³-hybridized carbons (Fsp3) is 0.355. The van der Waals surface area contributed by atoms with Crippen molar-refractivity contribution in [3.8, 4) is 0 Å². The molecule has 1 fully saturated rings. The number of carbonyl (C=O) groups is 2. The lowest BCUT2D eigenvalue weighted by molar-refractivity contribution is -0.141. The van der Waals surface area contributed by atoms with Crippen LogP contribution in [-0.2, 0) is 22.6 Å². The highest BCUT2D eigenvalue weighted by Crippen LogP contribution is 2.23. The second-order valence-electron chi connectivity index (χ2n) is 9.61. The molecular weight excluding hydrogens is 544 g/mol. The Bertz CT molecular complexity index is 1140. The van der Waals surface area contributed by atoms with Gasteiger partial charge < -0.3 is 10.2 Å². The molecule has 3 aromatic carbocycles. The minimum atomic E-state index is -0.572. The zero-order valence-corrected chi connectivity index (χ0v) is 23.6. The van der Waals surface area contributed by atoms with Crippen molar-refractivity contribution >= 4 is 39.5 Å². The van der Waals surface area contributed by atoms with Crippen molar-refractivity contribution < 1.29 is 9.59 Å². The van der Waals surface area contributed by atoms with Gasteiger partial charge in [0.1, 0.15) is 6.04 Å². The number of thioether (sulfide) groups is 1. The van der Waals surface area contributed by atoms with Gasteiger partial charge in [-0.05, 0) is 48.2 Å². The van der Waals surface area contributed by atoms with E-state index >= 15 is 0 Å². The molecule has 0 heterocycles. The molecule has 4 nitrogen and oxygen atoms in total. The van der Waals surface area contributed by atoms with Crippen LogP contribution in [0, 0.1) is 0 Å². The molecule has 1 N–H and O–H groups in total. The van der Waals surface area contributed by atoms with Crippen molar-refractivity contribution in [1.82, 2.24) is 10.2 Å². The van der Waals surface area contributed by atoms with Gasteiger partial charge in [-0.1, -0.05) is 95.9 Å². The minimum Gasteiger partial charge on any atom is -0.352 e. The highest BCUT2D eigenvalue weighted by atomic mass is 79.9. The molecule has 37 heavy (non-hydrogen) atoms. The van der Waals surface area contributed by atoms with Gasteiger partial charge in [0.15, 0.2) is 0 Å². The summed E-state index contributed by atoms with van der Waals surface area (Å²) in [6, 6.07) is 27.8. The summed E-state index contributed by atoms with van der Waals surface area (Å²) in [5, 5.41) is 3.31. The molecule has 0 spiro atoms. The van der Waals surface area contributed by atoms with Crippen LogP contribution in [0.15, 0.2) is 94.3 Å². The normalized spacial score (nSPS) is 14.6. The Morgan fingerprint density at radius 2 is 1.57 bits per heavy atom. The second kappa shape index (κ2) is 14.4. The Hall–Kier alpha value is -2.57. The SMILES string of the molecule is O=C(NC1CCCCC1)C(Cc1ccccc1)N(Cc1cccc(Br)c1)C(=O)CCSc1ccccc1. The van der Waals surface area contributed by atoms with Crippen LogP contribution in [0.5, 0.6) is 0 Å². The van der Waals surface area contributed by atoms with Crippen molar-refractivity contribution in [2.75, 3.05) is 5.75 Å². The van der Waals surface area contributed by atoms with Crippen LogP contribution in [0.4, 0.5) is 0 Å². The van der Waals surface area contributed by atoms with Gasteiger partial charge in [-0.15, -0.1) is 11.8 Å². The standard InChI is InChI=1S/C31H35BrN2O2S/c32-26-14-10-13-25(21-26)23-34(30(35)19-20-37-28-17-8-3-9-18-28)29(22-24-11-4-1-5-12-24)31(36)33-27-15-6-2-7-16-27/h1,3-5,8-14,17-18,21,27,29H,2,6-7,15-16,19-20,22-23H2,(H,33,36). The summed E-state index contributed by atoms with van der Waals surface area (Å²) in [6.07, 6.45) is 6.40. The summed E-state index contributed by atoms with van der Waals surface area (Å²) in [5.74, 6) is 0.623. The summed E-state index contributed by atoms with van der Waals surface area (Å²) in [7, 11) is 0. The first kappa shape index (κ1) is 27.5. The predicted octanol–water partition coefficient (Wildman–Crippen LogP) is 7.02. The zero-order valence-electron chi connectivity index (χ0n) is 21.2. The summed E-state index contributed by atoms with van der Waals surface area (Å²) in [6.45, 7) is 0.393. The van der Waals surface area contributed by atoms with Crippen molar-refractivity contribution in [2.45, 2.75) is 68.5 Å². The number of hydrogen-bond donors (Lipinski definition) is 1. The van der Waals surface area contributed by atoms with Gasteiger partial charge in [-0.2, -0.15) is 0 Å². The average molecular weight is 580 g/mol. The zero-order chi connectivity index (χ0) is 25.9. The Morgan fingerprint density at radius 1 is 0.892 bits per heavy atom. The van der Waals surface area contributed by atoms with Crippen LogP contribution in [0.1, 0.15) is 49.7 Å². The highest BCUT2D eigenvalue weighted by Gasteiger charge is 2.31. The van der Waals surface area contributed by atoms with E-state index < -0.39 is 6.04 Å². The highest BCUT2D eigenvalue weighted by molar-refractivity contribution is 9.10. The Balaban J connectivity index is 1.56. The van der Waals surface area contributed by atoms with Crippen LogP contribution in [0.3, 0.4) is 0 Å². The smallest absolute Gasteiger partial charge is 0.243 e. The van der Waals surface area contributed by atoms with Crippen molar-refractivity contribution in [3.63, 3.8) is 0 Å². The monoisotopic (exact) mass is 578 g/mol. The van der Waals surface area contributed by atoms with E-state index in [4.69, 9.17) is 0 Å². The minimum absolute atomic E-state index is 0.00290.